The van der Waals surface area contributed by atoms with E-state index in [1.807, 2.05) is 12.1 Å². The number of rotatable bonds is 6. The zero-order valence-electron chi connectivity index (χ0n) is 13.6. The molecule has 0 atom stereocenters. The van der Waals surface area contributed by atoms with E-state index in [0.717, 1.165) is 36.6 Å². The summed E-state index contributed by atoms with van der Waals surface area (Å²) in [4.78, 5) is 16.3. The molecule has 1 amide bonds. The molecule has 0 unspecified atom stereocenters. The van der Waals surface area contributed by atoms with Gasteiger partial charge in [0.25, 0.3) is 0 Å². The molecule has 0 spiro atoms. The number of amides is 1. The molecule has 23 heavy (non-hydrogen) atoms. The van der Waals surface area contributed by atoms with Gasteiger partial charge in [-0.2, -0.15) is 4.98 Å². The molecule has 0 bridgehead atoms. The Morgan fingerprint density at radius 2 is 2.30 bits per heavy atom. The summed E-state index contributed by atoms with van der Waals surface area (Å²) in [7, 11) is 0. The van der Waals surface area contributed by atoms with Crippen LogP contribution in [-0.2, 0) is 24.1 Å². The summed E-state index contributed by atoms with van der Waals surface area (Å²) in [6.07, 6.45) is 2.88. The zero-order chi connectivity index (χ0) is 16.2. The third kappa shape index (κ3) is 4.09. The Kier molecular flexibility index (Phi) is 4.60. The topological polar surface area (TPSA) is 79.9 Å². The fourth-order valence-electron chi connectivity index (χ4n) is 2.67. The van der Waals surface area contributed by atoms with Crippen LogP contribution in [0, 0.1) is 5.92 Å². The van der Waals surface area contributed by atoms with Crippen LogP contribution in [0.15, 0.2) is 18.2 Å². The van der Waals surface area contributed by atoms with Gasteiger partial charge in [-0.05, 0) is 29.5 Å². The minimum atomic E-state index is -0.0724. The minimum absolute atomic E-state index is 0.0724. The van der Waals surface area contributed by atoms with Crippen molar-refractivity contribution in [3.05, 3.63) is 35.2 Å². The Balaban J connectivity index is 1.50. The van der Waals surface area contributed by atoms with Crippen molar-refractivity contribution >= 4 is 11.9 Å². The number of nitrogens with one attached hydrogen (secondary N) is 2. The van der Waals surface area contributed by atoms with E-state index in [-0.39, 0.29) is 5.91 Å². The van der Waals surface area contributed by atoms with Crippen LogP contribution >= 0.6 is 0 Å². The highest BCUT2D eigenvalue weighted by Gasteiger charge is 2.13. The maximum absolute atomic E-state index is 12.0. The zero-order valence-corrected chi connectivity index (χ0v) is 13.6. The first-order valence-electron chi connectivity index (χ1n) is 8.06. The van der Waals surface area contributed by atoms with E-state index in [1.165, 1.54) is 5.56 Å². The summed E-state index contributed by atoms with van der Waals surface area (Å²) in [5, 5.41) is 9.62. The van der Waals surface area contributed by atoms with Gasteiger partial charge in [0.1, 0.15) is 11.6 Å². The minimum Gasteiger partial charge on any atom is -0.493 e. The molecule has 2 N–H and O–H groups in total. The molecule has 0 saturated heterocycles. The van der Waals surface area contributed by atoms with Gasteiger partial charge in [0.05, 0.1) is 6.61 Å². The van der Waals surface area contributed by atoms with Crippen molar-refractivity contribution in [2.45, 2.75) is 39.5 Å². The molecule has 0 aliphatic carbocycles. The monoisotopic (exact) mass is 314 g/mol. The number of nitrogens with zero attached hydrogens (tertiary/aromatic N) is 2. The number of aryl methyl sites for hydroxylation is 1. The Morgan fingerprint density at radius 1 is 1.43 bits per heavy atom. The molecular weight excluding hydrogens is 292 g/mol. The molecule has 1 aromatic carbocycles. The molecule has 1 aliphatic rings. The number of carbonyl (C=O) groups excluding carboxylic acids is 1. The van der Waals surface area contributed by atoms with Gasteiger partial charge in [0.15, 0.2) is 0 Å². The molecule has 6 heteroatoms. The number of H-pyrrole nitrogens is 1. The molecule has 0 saturated carbocycles. The Bertz CT molecular complexity index is 694. The van der Waals surface area contributed by atoms with Crippen LogP contribution in [0.4, 0.5) is 5.95 Å². The molecule has 6 nitrogen and oxygen atoms in total. The van der Waals surface area contributed by atoms with Gasteiger partial charge in [-0.25, -0.2) is 0 Å². The normalized spacial score (nSPS) is 13.0. The average Bonchev–Trinajstić information content (AvgIpc) is 3.13. The summed E-state index contributed by atoms with van der Waals surface area (Å²) in [5.41, 5.74) is 2.38. The number of anilines is 1. The quantitative estimate of drug-likeness (QED) is 0.858. The lowest BCUT2D eigenvalue weighted by atomic mass is 10.0. The van der Waals surface area contributed by atoms with Crippen molar-refractivity contribution in [3.63, 3.8) is 0 Å². The molecule has 1 aliphatic heterocycles. The van der Waals surface area contributed by atoms with Crippen LogP contribution in [0.5, 0.6) is 5.75 Å². The highest BCUT2D eigenvalue weighted by Crippen LogP contribution is 2.26. The summed E-state index contributed by atoms with van der Waals surface area (Å²) >= 11 is 0. The summed E-state index contributed by atoms with van der Waals surface area (Å²) in [5.74, 6) is 2.55. The fourth-order valence-corrected chi connectivity index (χ4v) is 2.67. The predicted octanol–water partition coefficient (Wildman–Crippen LogP) is 2.51. The van der Waals surface area contributed by atoms with Gasteiger partial charge >= 0.3 is 0 Å². The SMILES string of the molecule is CC(C)Cc1nc(NC(=O)CCc2ccc3c(c2)CCO3)n[nH]1. The standard InChI is InChI=1S/C17H22N4O2/c1-11(2)9-15-18-17(21-20-15)19-16(22)6-4-12-3-5-14-13(10-12)7-8-23-14/h3,5,10-11H,4,6-9H2,1-2H3,(H2,18,19,20,21,22). The van der Waals surface area contributed by atoms with Crippen LogP contribution in [0.25, 0.3) is 0 Å². The smallest absolute Gasteiger partial charge is 0.248 e. The van der Waals surface area contributed by atoms with E-state index in [9.17, 15) is 4.79 Å². The average molecular weight is 314 g/mol. The number of carbonyl (C=O) groups is 1. The van der Waals surface area contributed by atoms with Crippen LogP contribution < -0.4 is 10.1 Å². The first kappa shape index (κ1) is 15.5. The second-order valence-corrected chi connectivity index (χ2v) is 6.29. The number of aromatic nitrogens is 3. The Labute approximate surface area is 135 Å². The van der Waals surface area contributed by atoms with E-state index in [0.29, 0.717) is 24.7 Å². The number of ether oxygens (including phenoxy) is 1. The maximum Gasteiger partial charge on any atom is 0.248 e. The van der Waals surface area contributed by atoms with Gasteiger partial charge in [-0.1, -0.05) is 26.0 Å². The largest absolute Gasteiger partial charge is 0.493 e. The van der Waals surface area contributed by atoms with Gasteiger partial charge in [0.2, 0.25) is 11.9 Å². The summed E-state index contributed by atoms with van der Waals surface area (Å²) in [6.45, 7) is 4.98. The lowest BCUT2D eigenvalue weighted by Crippen LogP contribution is -2.13. The van der Waals surface area contributed by atoms with Crippen LogP contribution in [0.2, 0.25) is 0 Å². The van der Waals surface area contributed by atoms with E-state index in [4.69, 9.17) is 4.74 Å². The molecular formula is C17H22N4O2. The van der Waals surface area contributed by atoms with Crippen molar-refractivity contribution < 1.29 is 9.53 Å². The first-order valence-corrected chi connectivity index (χ1v) is 8.06. The third-order valence-electron chi connectivity index (χ3n) is 3.78. The lowest BCUT2D eigenvalue weighted by Gasteiger charge is -2.04. The lowest BCUT2D eigenvalue weighted by molar-refractivity contribution is -0.116. The Hall–Kier alpha value is -2.37. The molecule has 1 aromatic heterocycles. The van der Waals surface area contributed by atoms with Crippen LogP contribution in [0.1, 0.15) is 37.2 Å². The fraction of sp³-hybridized carbons (Fsp3) is 0.471. The van der Waals surface area contributed by atoms with Crippen molar-refractivity contribution in [2.24, 2.45) is 5.92 Å². The predicted molar refractivity (Wildman–Crippen MR) is 87.5 cm³/mol. The number of aromatic amines is 1. The number of hydrogen-bond donors (Lipinski definition) is 2. The van der Waals surface area contributed by atoms with E-state index >= 15 is 0 Å². The van der Waals surface area contributed by atoms with Crippen molar-refractivity contribution in [3.8, 4) is 5.75 Å². The molecule has 0 radical (unpaired) electrons. The highest BCUT2D eigenvalue weighted by atomic mass is 16.5. The third-order valence-corrected chi connectivity index (χ3v) is 3.78. The molecule has 3 rings (SSSR count). The summed E-state index contributed by atoms with van der Waals surface area (Å²) in [6, 6.07) is 6.14. The molecule has 2 aromatic rings. The maximum atomic E-state index is 12.0. The molecule has 122 valence electrons. The molecule has 0 fully saturated rings. The number of benzene rings is 1. The van der Waals surface area contributed by atoms with Crippen molar-refractivity contribution in [2.75, 3.05) is 11.9 Å². The number of fused-ring (bicyclic) bond motifs is 1. The van der Waals surface area contributed by atoms with Crippen molar-refractivity contribution in [1.29, 1.82) is 0 Å². The van der Waals surface area contributed by atoms with Crippen LogP contribution in [-0.4, -0.2) is 27.7 Å². The Morgan fingerprint density at radius 3 is 3.13 bits per heavy atom. The summed E-state index contributed by atoms with van der Waals surface area (Å²) < 4.78 is 5.49. The van der Waals surface area contributed by atoms with Gasteiger partial charge in [0, 0.05) is 19.3 Å². The van der Waals surface area contributed by atoms with Gasteiger partial charge in [-0.15, -0.1) is 5.10 Å². The second kappa shape index (κ2) is 6.81. The molecule has 2 heterocycles. The first-order chi connectivity index (χ1) is 11.1. The van der Waals surface area contributed by atoms with E-state index in [2.05, 4.69) is 40.4 Å². The van der Waals surface area contributed by atoms with Gasteiger partial charge in [-0.3, -0.25) is 15.2 Å². The number of hydrogen-bond acceptors (Lipinski definition) is 4. The van der Waals surface area contributed by atoms with E-state index in [1.54, 1.807) is 0 Å². The van der Waals surface area contributed by atoms with Crippen LogP contribution in [0.3, 0.4) is 0 Å². The van der Waals surface area contributed by atoms with Gasteiger partial charge < -0.3 is 4.74 Å². The highest BCUT2D eigenvalue weighted by molar-refractivity contribution is 5.89. The van der Waals surface area contributed by atoms with E-state index < -0.39 is 0 Å². The second-order valence-electron chi connectivity index (χ2n) is 6.29. The van der Waals surface area contributed by atoms with Crippen molar-refractivity contribution in [1.82, 2.24) is 15.2 Å².